The molecule has 1 amide bonds. The Morgan fingerprint density at radius 1 is 0.852 bits per heavy atom. The second-order valence-electron chi connectivity index (χ2n) is 5.61. The molecular formula is C20H20N6O. The van der Waals surface area contributed by atoms with Crippen LogP contribution < -0.4 is 16.0 Å². The van der Waals surface area contributed by atoms with Crippen LogP contribution in [0.15, 0.2) is 72.9 Å². The summed E-state index contributed by atoms with van der Waals surface area (Å²) < 4.78 is 0. The molecular weight excluding hydrogens is 340 g/mol. The monoisotopic (exact) mass is 360 g/mol. The second kappa shape index (κ2) is 9.67. The first kappa shape index (κ1) is 18.1. The molecule has 0 aliphatic rings. The summed E-state index contributed by atoms with van der Waals surface area (Å²) in [5.41, 5.74) is 0.987. The van der Waals surface area contributed by atoms with E-state index in [1.54, 1.807) is 12.3 Å². The average molecular weight is 360 g/mol. The van der Waals surface area contributed by atoms with E-state index < -0.39 is 0 Å². The zero-order valence-corrected chi connectivity index (χ0v) is 14.7. The summed E-state index contributed by atoms with van der Waals surface area (Å²) in [6, 6.07) is 18.9. The smallest absolute Gasteiger partial charge is 0.244 e. The third-order valence-corrected chi connectivity index (χ3v) is 3.54. The van der Waals surface area contributed by atoms with Crippen LogP contribution in [-0.2, 0) is 4.79 Å². The summed E-state index contributed by atoms with van der Waals surface area (Å²) in [6.45, 7) is 1.03. The lowest BCUT2D eigenvalue weighted by molar-refractivity contribution is -0.116. The number of aromatic nitrogens is 3. The molecule has 0 radical (unpaired) electrons. The maximum absolute atomic E-state index is 11.8. The van der Waals surface area contributed by atoms with Gasteiger partial charge in [0.05, 0.1) is 0 Å². The lowest BCUT2D eigenvalue weighted by Crippen LogP contribution is -2.27. The summed E-state index contributed by atoms with van der Waals surface area (Å²) >= 11 is 0. The third-order valence-electron chi connectivity index (χ3n) is 3.54. The van der Waals surface area contributed by atoms with Crippen molar-refractivity contribution >= 4 is 29.4 Å². The topological polar surface area (TPSA) is 91.8 Å². The van der Waals surface area contributed by atoms with Crippen LogP contribution in [0.3, 0.4) is 0 Å². The Morgan fingerprint density at radius 2 is 1.63 bits per heavy atom. The number of anilines is 3. The van der Waals surface area contributed by atoms with Crippen LogP contribution in [0, 0.1) is 0 Å². The molecule has 0 spiro atoms. The Hall–Kier alpha value is -3.74. The zero-order valence-electron chi connectivity index (χ0n) is 14.7. The fourth-order valence-corrected chi connectivity index (χ4v) is 2.23. The Morgan fingerprint density at radius 3 is 2.37 bits per heavy atom. The van der Waals surface area contributed by atoms with Gasteiger partial charge in [0.25, 0.3) is 0 Å². The van der Waals surface area contributed by atoms with Gasteiger partial charge in [0.2, 0.25) is 5.91 Å². The van der Waals surface area contributed by atoms with Gasteiger partial charge in [0.1, 0.15) is 11.6 Å². The summed E-state index contributed by atoms with van der Waals surface area (Å²) in [4.78, 5) is 15.9. The predicted molar refractivity (Wildman–Crippen MR) is 107 cm³/mol. The van der Waals surface area contributed by atoms with Gasteiger partial charge < -0.3 is 16.0 Å². The summed E-state index contributed by atoms with van der Waals surface area (Å²) in [5, 5.41) is 17.2. The van der Waals surface area contributed by atoms with Crippen molar-refractivity contribution in [1.82, 2.24) is 20.5 Å². The minimum absolute atomic E-state index is 0.137. The van der Waals surface area contributed by atoms with Crippen molar-refractivity contribution in [2.24, 2.45) is 0 Å². The Kier molecular flexibility index (Phi) is 6.47. The van der Waals surface area contributed by atoms with Crippen LogP contribution in [0.2, 0.25) is 0 Å². The van der Waals surface area contributed by atoms with Crippen molar-refractivity contribution in [2.75, 3.05) is 23.7 Å². The highest BCUT2D eigenvalue weighted by Gasteiger charge is 2.00. The fraction of sp³-hybridized carbons (Fsp3) is 0.100. The number of benzene rings is 1. The highest BCUT2D eigenvalue weighted by atomic mass is 16.1. The number of carbonyl (C=O) groups is 1. The molecule has 0 bridgehead atoms. The number of nitrogens with zero attached hydrogens (tertiary/aromatic N) is 3. The highest BCUT2D eigenvalue weighted by Crippen LogP contribution is 2.11. The molecule has 2 aromatic heterocycles. The van der Waals surface area contributed by atoms with Gasteiger partial charge in [-0.2, -0.15) is 0 Å². The molecule has 3 rings (SSSR count). The molecule has 7 nitrogen and oxygen atoms in total. The normalized spacial score (nSPS) is 10.5. The minimum Gasteiger partial charge on any atom is -0.367 e. The molecule has 3 N–H and O–H groups in total. The molecule has 27 heavy (non-hydrogen) atoms. The van der Waals surface area contributed by atoms with Crippen molar-refractivity contribution in [3.05, 3.63) is 78.5 Å². The van der Waals surface area contributed by atoms with Gasteiger partial charge in [0, 0.05) is 25.4 Å². The first-order chi connectivity index (χ1) is 13.3. The van der Waals surface area contributed by atoms with E-state index in [2.05, 4.69) is 31.1 Å². The number of rotatable bonds is 8. The van der Waals surface area contributed by atoms with Gasteiger partial charge in [-0.3, -0.25) is 4.79 Å². The molecule has 7 heteroatoms. The fourth-order valence-electron chi connectivity index (χ4n) is 2.23. The van der Waals surface area contributed by atoms with E-state index in [0.29, 0.717) is 30.5 Å². The maximum Gasteiger partial charge on any atom is 0.244 e. The lowest BCUT2D eigenvalue weighted by atomic mass is 10.2. The summed E-state index contributed by atoms with van der Waals surface area (Å²) in [5.74, 6) is 1.81. The van der Waals surface area contributed by atoms with E-state index in [9.17, 15) is 4.79 Å². The van der Waals surface area contributed by atoms with E-state index in [1.807, 2.05) is 60.7 Å². The summed E-state index contributed by atoms with van der Waals surface area (Å²) in [6.07, 6.45) is 5.00. The largest absolute Gasteiger partial charge is 0.367 e. The molecule has 0 fully saturated rings. The van der Waals surface area contributed by atoms with E-state index >= 15 is 0 Å². The van der Waals surface area contributed by atoms with Crippen molar-refractivity contribution in [3.63, 3.8) is 0 Å². The molecule has 0 aliphatic heterocycles. The zero-order chi connectivity index (χ0) is 18.7. The standard InChI is InChI=1S/C20H20N6O/c27-20(12-9-16-6-2-1-3-7-16)23-15-14-22-18-10-11-19(26-25-18)24-17-8-4-5-13-21-17/h1-13H,14-15H2,(H,22,25)(H,23,27)(H,21,24,26)/b12-9+. The van der Waals surface area contributed by atoms with Crippen LogP contribution >= 0.6 is 0 Å². The Labute approximate surface area is 157 Å². The third kappa shape index (κ3) is 6.24. The number of pyridine rings is 1. The Bertz CT molecular complexity index is 866. The van der Waals surface area contributed by atoms with Gasteiger partial charge in [-0.1, -0.05) is 36.4 Å². The van der Waals surface area contributed by atoms with Crippen LogP contribution in [-0.4, -0.2) is 34.2 Å². The first-order valence-corrected chi connectivity index (χ1v) is 8.56. The van der Waals surface area contributed by atoms with Crippen molar-refractivity contribution in [1.29, 1.82) is 0 Å². The minimum atomic E-state index is -0.137. The molecule has 1 aromatic carbocycles. The average Bonchev–Trinajstić information content (AvgIpc) is 2.72. The number of nitrogens with one attached hydrogen (secondary N) is 3. The van der Waals surface area contributed by atoms with E-state index in [0.717, 1.165) is 5.56 Å². The van der Waals surface area contributed by atoms with E-state index in [1.165, 1.54) is 6.08 Å². The number of carbonyl (C=O) groups excluding carboxylic acids is 1. The first-order valence-electron chi connectivity index (χ1n) is 8.56. The molecule has 0 saturated carbocycles. The van der Waals surface area contributed by atoms with Gasteiger partial charge in [-0.05, 0) is 35.9 Å². The molecule has 0 atom stereocenters. The van der Waals surface area contributed by atoms with E-state index in [4.69, 9.17) is 0 Å². The predicted octanol–water partition coefficient (Wildman–Crippen LogP) is 2.86. The molecule has 2 heterocycles. The SMILES string of the molecule is O=C(/C=C/c1ccccc1)NCCNc1ccc(Nc2ccccn2)nn1. The molecule has 3 aromatic rings. The van der Waals surface area contributed by atoms with Crippen molar-refractivity contribution < 1.29 is 4.79 Å². The van der Waals surface area contributed by atoms with Crippen molar-refractivity contribution in [3.8, 4) is 0 Å². The Balaban J connectivity index is 1.37. The lowest BCUT2D eigenvalue weighted by Gasteiger charge is -2.07. The number of hydrogen-bond acceptors (Lipinski definition) is 6. The quantitative estimate of drug-likeness (QED) is 0.423. The van der Waals surface area contributed by atoms with Crippen LogP contribution in [0.5, 0.6) is 0 Å². The molecule has 0 aliphatic carbocycles. The van der Waals surface area contributed by atoms with Crippen LogP contribution in [0.4, 0.5) is 17.5 Å². The molecule has 136 valence electrons. The van der Waals surface area contributed by atoms with E-state index in [-0.39, 0.29) is 5.91 Å². The highest BCUT2D eigenvalue weighted by molar-refractivity contribution is 5.91. The number of amides is 1. The number of hydrogen-bond donors (Lipinski definition) is 3. The van der Waals surface area contributed by atoms with Gasteiger partial charge in [-0.15, -0.1) is 10.2 Å². The maximum atomic E-state index is 11.8. The van der Waals surface area contributed by atoms with Gasteiger partial charge >= 0.3 is 0 Å². The molecule has 0 unspecified atom stereocenters. The summed E-state index contributed by atoms with van der Waals surface area (Å²) in [7, 11) is 0. The van der Waals surface area contributed by atoms with Gasteiger partial charge in [0.15, 0.2) is 5.82 Å². The van der Waals surface area contributed by atoms with Crippen LogP contribution in [0.1, 0.15) is 5.56 Å². The van der Waals surface area contributed by atoms with Crippen molar-refractivity contribution in [2.45, 2.75) is 0 Å². The van der Waals surface area contributed by atoms with Crippen LogP contribution in [0.25, 0.3) is 6.08 Å². The van der Waals surface area contributed by atoms with Gasteiger partial charge in [-0.25, -0.2) is 4.98 Å². The molecule has 0 saturated heterocycles. The second-order valence-corrected chi connectivity index (χ2v) is 5.61.